The van der Waals surface area contributed by atoms with E-state index >= 15 is 0 Å². The predicted octanol–water partition coefficient (Wildman–Crippen LogP) is 3.71. The van der Waals surface area contributed by atoms with Crippen molar-refractivity contribution in [1.82, 2.24) is 4.57 Å². The molecule has 1 N–H and O–H groups in total. The van der Waals surface area contributed by atoms with E-state index in [0.717, 1.165) is 12.8 Å². The molecule has 0 radical (unpaired) electrons. The average Bonchev–Trinajstić information content (AvgIpc) is 2.59. The van der Waals surface area contributed by atoms with Crippen LogP contribution in [0.2, 0.25) is 0 Å². The molecule has 0 amide bonds. The number of aliphatic hydroxyl groups is 1. The SMILES string of the molecule is Cc1c(CCCO)c2cc(C(C)(C)C)ccc2n1C. The molecule has 0 aliphatic carbocycles. The van der Waals surface area contributed by atoms with Crippen molar-refractivity contribution in [2.75, 3.05) is 6.61 Å². The highest BCUT2D eigenvalue weighted by Crippen LogP contribution is 2.31. The fourth-order valence-electron chi connectivity index (χ4n) is 2.69. The number of rotatable bonds is 3. The normalized spacial score (nSPS) is 12.3. The minimum atomic E-state index is 0.173. The van der Waals surface area contributed by atoms with E-state index in [4.69, 9.17) is 5.11 Å². The molecule has 1 aromatic carbocycles. The summed E-state index contributed by atoms with van der Waals surface area (Å²) in [5.41, 5.74) is 5.54. The van der Waals surface area contributed by atoms with Crippen LogP contribution < -0.4 is 0 Å². The highest BCUT2D eigenvalue weighted by atomic mass is 16.2. The van der Waals surface area contributed by atoms with Gasteiger partial charge in [0, 0.05) is 30.3 Å². The maximum absolute atomic E-state index is 9.07. The Morgan fingerprint density at radius 1 is 1.21 bits per heavy atom. The van der Waals surface area contributed by atoms with E-state index in [0.29, 0.717) is 0 Å². The first kappa shape index (κ1) is 14.1. The summed E-state index contributed by atoms with van der Waals surface area (Å²) in [7, 11) is 2.12. The molecule has 2 nitrogen and oxygen atoms in total. The van der Waals surface area contributed by atoms with Gasteiger partial charge in [-0.3, -0.25) is 0 Å². The van der Waals surface area contributed by atoms with Crippen LogP contribution in [0.5, 0.6) is 0 Å². The summed E-state index contributed by atoms with van der Waals surface area (Å²) < 4.78 is 2.26. The number of nitrogens with zero attached hydrogens (tertiary/aromatic N) is 1. The highest BCUT2D eigenvalue weighted by molar-refractivity contribution is 5.86. The van der Waals surface area contributed by atoms with Crippen molar-refractivity contribution in [2.24, 2.45) is 7.05 Å². The molecule has 0 aliphatic rings. The van der Waals surface area contributed by atoms with Crippen LogP contribution in [0.4, 0.5) is 0 Å². The van der Waals surface area contributed by atoms with Gasteiger partial charge in [-0.05, 0) is 48.4 Å². The monoisotopic (exact) mass is 259 g/mol. The minimum Gasteiger partial charge on any atom is -0.396 e. The van der Waals surface area contributed by atoms with Crippen molar-refractivity contribution in [3.8, 4) is 0 Å². The van der Waals surface area contributed by atoms with Gasteiger partial charge in [-0.2, -0.15) is 0 Å². The van der Waals surface area contributed by atoms with Crippen LogP contribution >= 0.6 is 0 Å². The summed E-state index contributed by atoms with van der Waals surface area (Å²) in [4.78, 5) is 0. The molecule has 0 atom stereocenters. The predicted molar refractivity (Wildman–Crippen MR) is 81.8 cm³/mol. The molecule has 0 spiro atoms. The van der Waals surface area contributed by atoms with Gasteiger partial charge in [0.2, 0.25) is 0 Å². The lowest BCUT2D eigenvalue weighted by Crippen LogP contribution is -2.10. The molecule has 0 fully saturated rings. The Bertz CT molecular complexity index is 587. The van der Waals surface area contributed by atoms with Gasteiger partial charge in [-0.15, -0.1) is 0 Å². The molecule has 2 aromatic rings. The van der Waals surface area contributed by atoms with Crippen molar-refractivity contribution in [3.05, 3.63) is 35.0 Å². The van der Waals surface area contributed by atoms with Crippen molar-refractivity contribution < 1.29 is 5.11 Å². The van der Waals surface area contributed by atoms with Crippen LogP contribution in [0, 0.1) is 6.92 Å². The van der Waals surface area contributed by atoms with E-state index in [1.807, 2.05) is 0 Å². The lowest BCUT2D eigenvalue weighted by molar-refractivity contribution is 0.288. The van der Waals surface area contributed by atoms with E-state index in [2.05, 4.69) is 57.5 Å². The van der Waals surface area contributed by atoms with E-state index < -0.39 is 0 Å². The van der Waals surface area contributed by atoms with Gasteiger partial charge >= 0.3 is 0 Å². The smallest absolute Gasteiger partial charge is 0.0482 e. The molecule has 0 saturated heterocycles. The van der Waals surface area contributed by atoms with Crippen LogP contribution in [0.3, 0.4) is 0 Å². The number of benzene rings is 1. The zero-order chi connectivity index (χ0) is 14.2. The highest BCUT2D eigenvalue weighted by Gasteiger charge is 2.17. The molecule has 0 saturated carbocycles. The van der Waals surface area contributed by atoms with E-state index in [1.54, 1.807) is 0 Å². The number of aliphatic hydroxyl groups excluding tert-OH is 1. The minimum absolute atomic E-state index is 0.173. The quantitative estimate of drug-likeness (QED) is 0.893. The molecule has 2 heteroatoms. The van der Waals surface area contributed by atoms with Crippen molar-refractivity contribution in [1.29, 1.82) is 0 Å². The second-order valence-electron chi connectivity index (χ2n) is 6.43. The number of hydrogen-bond acceptors (Lipinski definition) is 1. The second kappa shape index (κ2) is 5.01. The van der Waals surface area contributed by atoms with Crippen LogP contribution in [-0.4, -0.2) is 16.3 Å². The lowest BCUT2D eigenvalue weighted by Gasteiger charge is -2.19. The van der Waals surface area contributed by atoms with Gasteiger partial charge in [0.15, 0.2) is 0 Å². The summed E-state index contributed by atoms with van der Waals surface area (Å²) in [6, 6.07) is 6.79. The first-order chi connectivity index (χ1) is 8.86. The summed E-state index contributed by atoms with van der Waals surface area (Å²) in [6.07, 6.45) is 1.78. The van der Waals surface area contributed by atoms with E-state index in [9.17, 15) is 0 Å². The number of hydrogen-bond donors (Lipinski definition) is 1. The summed E-state index contributed by atoms with van der Waals surface area (Å²) in [5.74, 6) is 0. The molecule has 0 unspecified atom stereocenters. The van der Waals surface area contributed by atoms with Crippen LogP contribution in [0.25, 0.3) is 10.9 Å². The summed E-state index contributed by atoms with van der Waals surface area (Å²) >= 11 is 0. The van der Waals surface area contributed by atoms with Crippen LogP contribution in [0.1, 0.15) is 44.0 Å². The van der Waals surface area contributed by atoms with Gasteiger partial charge in [0.05, 0.1) is 0 Å². The van der Waals surface area contributed by atoms with Gasteiger partial charge in [-0.25, -0.2) is 0 Å². The third-order valence-corrected chi connectivity index (χ3v) is 4.07. The fourth-order valence-corrected chi connectivity index (χ4v) is 2.69. The molecule has 1 heterocycles. The first-order valence-electron chi connectivity index (χ1n) is 7.05. The Labute approximate surface area is 116 Å². The number of aryl methyl sites for hydroxylation is 2. The van der Waals surface area contributed by atoms with Crippen molar-refractivity contribution in [3.63, 3.8) is 0 Å². The largest absolute Gasteiger partial charge is 0.396 e. The van der Waals surface area contributed by atoms with Crippen molar-refractivity contribution >= 4 is 10.9 Å². The average molecular weight is 259 g/mol. The number of aromatic nitrogens is 1. The Balaban J connectivity index is 2.62. The van der Waals surface area contributed by atoms with Crippen LogP contribution in [-0.2, 0) is 18.9 Å². The first-order valence-corrected chi connectivity index (χ1v) is 7.05. The Morgan fingerprint density at radius 3 is 2.47 bits per heavy atom. The lowest BCUT2D eigenvalue weighted by atomic mass is 9.86. The molecule has 0 bridgehead atoms. The molecular formula is C17H25NO. The van der Waals surface area contributed by atoms with Gasteiger partial charge in [0.1, 0.15) is 0 Å². The third kappa shape index (κ3) is 2.55. The maximum Gasteiger partial charge on any atom is 0.0482 e. The Kier molecular flexibility index (Phi) is 3.73. The summed E-state index contributed by atoms with van der Waals surface area (Å²) in [5, 5.41) is 10.4. The zero-order valence-corrected chi connectivity index (χ0v) is 12.7. The second-order valence-corrected chi connectivity index (χ2v) is 6.43. The van der Waals surface area contributed by atoms with Crippen LogP contribution in [0.15, 0.2) is 18.2 Å². The van der Waals surface area contributed by atoms with Gasteiger partial charge < -0.3 is 9.67 Å². The fraction of sp³-hybridized carbons (Fsp3) is 0.529. The Morgan fingerprint density at radius 2 is 1.89 bits per heavy atom. The molecule has 19 heavy (non-hydrogen) atoms. The molecule has 0 aliphatic heterocycles. The van der Waals surface area contributed by atoms with E-state index in [-0.39, 0.29) is 12.0 Å². The van der Waals surface area contributed by atoms with Gasteiger partial charge in [0.25, 0.3) is 0 Å². The maximum atomic E-state index is 9.07. The van der Waals surface area contributed by atoms with Crippen molar-refractivity contribution in [2.45, 2.75) is 46.0 Å². The third-order valence-electron chi connectivity index (χ3n) is 4.07. The standard InChI is InChI=1S/C17H25NO/c1-12-14(7-6-10-19)15-11-13(17(2,3)4)8-9-16(15)18(12)5/h8-9,11,19H,6-7,10H2,1-5H3. The Hall–Kier alpha value is -1.28. The molecule has 2 rings (SSSR count). The van der Waals surface area contributed by atoms with Gasteiger partial charge in [-0.1, -0.05) is 26.8 Å². The number of fused-ring (bicyclic) bond motifs is 1. The zero-order valence-electron chi connectivity index (χ0n) is 12.7. The molecule has 1 aromatic heterocycles. The molecular weight excluding hydrogens is 234 g/mol. The topological polar surface area (TPSA) is 25.2 Å². The molecule has 104 valence electrons. The van der Waals surface area contributed by atoms with E-state index in [1.165, 1.54) is 27.7 Å². The summed E-state index contributed by atoms with van der Waals surface area (Å²) in [6.45, 7) is 9.17.